The second-order valence-corrected chi connectivity index (χ2v) is 20.4. The van der Waals surface area contributed by atoms with Crippen molar-refractivity contribution in [2.45, 2.75) is 131 Å². The van der Waals surface area contributed by atoms with Gasteiger partial charge >= 0.3 is 0 Å². The fourth-order valence-corrected chi connectivity index (χ4v) is 7.57. The van der Waals surface area contributed by atoms with Gasteiger partial charge in [-0.15, -0.1) is 0 Å². The highest BCUT2D eigenvalue weighted by Crippen LogP contribution is 2.40. The van der Waals surface area contributed by atoms with Crippen molar-refractivity contribution in [3.05, 3.63) is 117 Å². The van der Waals surface area contributed by atoms with E-state index in [1.54, 1.807) is 0 Å². The van der Waals surface area contributed by atoms with Crippen LogP contribution in [0.25, 0.3) is 68.6 Å². The molecule has 0 unspecified atom stereocenters. The minimum Gasteiger partial charge on any atom is -0.355 e. The molecule has 2 aliphatic rings. The molecule has 2 aliphatic heterocycles. The molecule has 5 aromatic rings. The Hall–Kier alpha value is -5.40. The van der Waals surface area contributed by atoms with Gasteiger partial charge in [-0.25, -0.2) is 9.97 Å². The van der Waals surface area contributed by atoms with E-state index in [1.165, 1.54) is 22.3 Å². The number of aromatic amines is 2. The van der Waals surface area contributed by atoms with Crippen LogP contribution in [0, 0.1) is 11.8 Å². The lowest BCUT2D eigenvalue weighted by Gasteiger charge is -2.26. The molecule has 2 aromatic carbocycles. The van der Waals surface area contributed by atoms with E-state index in [0.717, 1.165) is 91.9 Å². The zero-order valence-electron chi connectivity index (χ0n) is 37.2. The van der Waals surface area contributed by atoms with Crippen LogP contribution in [0.2, 0.25) is 0 Å². The van der Waals surface area contributed by atoms with E-state index >= 15 is 0 Å². The van der Waals surface area contributed by atoms with Crippen LogP contribution in [-0.4, -0.2) is 19.9 Å². The summed E-state index contributed by atoms with van der Waals surface area (Å²) in [6.45, 7) is 29.7. The molecule has 0 radical (unpaired) electrons. The monoisotopic (exact) mass is 766 g/mol. The van der Waals surface area contributed by atoms with E-state index < -0.39 is 0 Å². The van der Waals surface area contributed by atoms with Crippen LogP contribution in [0.1, 0.15) is 160 Å². The van der Waals surface area contributed by atoms with E-state index in [4.69, 9.17) is 9.97 Å². The van der Waals surface area contributed by atoms with Crippen LogP contribution >= 0.6 is 0 Å². The normalized spacial score (nSPS) is 13.2. The van der Waals surface area contributed by atoms with Crippen LogP contribution < -0.4 is 0 Å². The first-order valence-electron chi connectivity index (χ1n) is 21.1. The van der Waals surface area contributed by atoms with Crippen molar-refractivity contribution < 1.29 is 0 Å². The molecule has 58 heavy (non-hydrogen) atoms. The van der Waals surface area contributed by atoms with Crippen molar-refractivity contribution in [3.8, 4) is 34.1 Å². The van der Waals surface area contributed by atoms with Crippen LogP contribution in [-0.2, 0) is 21.7 Å². The average molecular weight is 767 g/mol. The Bertz CT molecular complexity index is 2450. The van der Waals surface area contributed by atoms with E-state index in [1.807, 2.05) is 0 Å². The van der Waals surface area contributed by atoms with E-state index in [0.29, 0.717) is 0 Å². The van der Waals surface area contributed by atoms with Crippen molar-refractivity contribution in [1.29, 1.82) is 0 Å². The molecule has 7 rings (SSSR count). The number of benzene rings is 2. The highest BCUT2D eigenvalue weighted by atomic mass is 14.8. The van der Waals surface area contributed by atoms with Gasteiger partial charge in [0.15, 0.2) is 0 Å². The Labute approximate surface area is 347 Å². The Balaban J connectivity index is 1.61. The number of nitrogens with one attached hydrogen (secondary N) is 2. The SMILES string of the molecule is CCCCC#Cc1c2nc(c(-c3cc(C(C)(C)C)cc(C(C)(C)C)c3)c3ccc(cc4ccc([nH]4)c(-c4cc(C(C)(C)C)cc(C(C)(C)C)c4)c4nc1C=C4)[nH]3)C=C2. The number of unbranched alkanes of at least 4 members (excludes halogenated alkanes) is 2. The molecule has 8 bridgehead atoms. The highest BCUT2D eigenvalue weighted by molar-refractivity contribution is 5.94. The standard InChI is InChI=1S/C54H62N4/c1-14-15-16-17-18-42-43-23-25-47(57-43)49(34-27-36(51(2,3)4)31-37(28-34)52(5,6)7)45-21-19-40(55-45)33-41-20-22-46(56-41)50(48-26-24-44(42)58-48)35-29-38(53(8,9)10)32-39(30-35)54(11,12)13/h19-33,55-56H,14-16H2,1-13H3. The van der Waals surface area contributed by atoms with Crippen molar-refractivity contribution >= 4 is 46.4 Å². The molecular formula is C54H62N4. The molecule has 298 valence electrons. The van der Waals surface area contributed by atoms with Gasteiger partial charge in [0.05, 0.1) is 28.3 Å². The third kappa shape index (κ3) is 8.56. The minimum absolute atomic E-state index is 0.0338. The van der Waals surface area contributed by atoms with Crippen LogP contribution in [0.5, 0.6) is 0 Å². The van der Waals surface area contributed by atoms with Crippen molar-refractivity contribution in [3.63, 3.8) is 0 Å². The van der Waals surface area contributed by atoms with Gasteiger partial charge in [-0.2, -0.15) is 0 Å². The molecule has 0 fully saturated rings. The maximum atomic E-state index is 5.43. The third-order valence-corrected chi connectivity index (χ3v) is 11.3. The Morgan fingerprint density at radius 2 is 0.862 bits per heavy atom. The maximum Gasteiger partial charge on any atom is 0.0816 e. The third-order valence-electron chi connectivity index (χ3n) is 11.3. The van der Waals surface area contributed by atoms with Crippen LogP contribution in [0.3, 0.4) is 0 Å². The molecule has 0 atom stereocenters. The molecule has 0 aliphatic carbocycles. The molecule has 4 heteroatoms. The van der Waals surface area contributed by atoms with Crippen molar-refractivity contribution in [2.24, 2.45) is 0 Å². The van der Waals surface area contributed by atoms with E-state index in [9.17, 15) is 0 Å². The number of rotatable bonds is 4. The summed E-state index contributed by atoms with van der Waals surface area (Å²) in [7, 11) is 0. The lowest BCUT2D eigenvalue weighted by Crippen LogP contribution is -2.16. The summed E-state index contributed by atoms with van der Waals surface area (Å²) in [4.78, 5) is 18.5. The predicted octanol–water partition coefficient (Wildman–Crippen LogP) is 14.7. The fourth-order valence-electron chi connectivity index (χ4n) is 7.57. The van der Waals surface area contributed by atoms with Gasteiger partial charge in [0.2, 0.25) is 0 Å². The lowest BCUT2D eigenvalue weighted by atomic mass is 9.78. The van der Waals surface area contributed by atoms with Crippen LogP contribution in [0.4, 0.5) is 0 Å². The molecule has 0 saturated heterocycles. The lowest BCUT2D eigenvalue weighted by molar-refractivity contribution is 0.568. The topological polar surface area (TPSA) is 57.4 Å². The second-order valence-electron chi connectivity index (χ2n) is 20.4. The molecule has 5 heterocycles. The summed E-state index contributed by atoms with van der Waals surface area (Å²) in [5.74, 6) is 7.07. The first kappa shape index (κ1) is 40.8. The van der Waals surface area contributed by atoms with Gasteiger partial charge in [0.25, 0.3) is 0 Å². The summed E-state index contributed by atoms with van der Waals surface area (Å²) < 4.78 is 0. The predicted molar refractivity (Wildman–Crippen MR) is 251 cm³/mol. The Morgan fingerprint density at radius 3 is 1.22 bits per heavy atom. The minimum atomic E-state index is -0.0338. The van der Waals surface area contributed by atoms with Gasteiger partial charge in [-0.05, 0) is 116 Å². The highest BCUT2D eigenvalue weighted by Gasteiger charge is 2.25. The number of aromatic nitrogens is 4. The second kappa shape index (κ2) is 15.1. The summed E-state index contributed by atoms with van der Waals surface area (Å²) in [5.41, 5.74) is 17.9. The zero-order chi connectivity index (χ0) is 41.8. The fraction of sp³-hybridized carbons (Fsp3) is 0.370. The van der Waals surface area contributed by atoms with E-state index in [-0.39, 0.29) is 21.7 Å². The first-order valence-corrected chi connectivity index (χ1v) is 21.1. The largest absolute Gasteiger partial charge is 0.355 e. The average Bonchev–Trinajstić information content (AvgIpc) is 3.97. The van der Waals surface area contributed by atoms with Gasteiger partial charge in [-0.3, -0.25) is 0 Å². The van der Waals surface area contributed by atoms with Crippen LogP contribution in [0.15, 0.2) is 66.7 Å². The maximum absolute atomic E-state index is 5.43. The Kier molecular flexibility index (Phi) is 10.6. The smallest absolute Gasteiger partial charge is 0.0816 e. The summed E-state index contributed by atoms with van der Waals surface area (Å²) in [6.07, 6.45) is 11.6. The molecule has 2 N–H and O–H groups in total. The van der Waals surface area contributed by atoms with Gasteiger partial charge in [0, 0.05) is 39.6 Å². The van der Waals surface area contributed by atoms with Gasteiger partial charge < -0.3 is 9.97 Å². The van der Waals surface area contributed by atoms with E-state index in [2.05, 4.69) is 203 Å². The molecule has 0 saturated carbocycles. The van der Waals surface area contributed by atoms with Gasteiger partial charge in [-0.1, -0.05) is 145 Å². The van der Waals surface area contributed by atoms with Gasteiger partial charge in [0.1, 0.15) is 0 Å². The summed E-state index contributed by atoms with van der Waals surface area (Å²) in [5, 5.41) is 0. The quantitative estimate of drug-likeness (QED) is 0.138. The van der Waals surface area contributed by atoms with Crippen molar-refractivity contribution in [2.75, 3.05) is 0 Å². The first-order chi connectivity index (χ1) is 27.2. The number of hydrogen-bond acceptors (Lipinski definition) is 2. The number of H-pyrrole nitrogens is 2. The molecule has 0 amide bonds. The molecule has 4 nitrogen and oxygen atoms in total. The molecule has 0 spiro atoms. The summed E-state index contributed by atoms with van der Waals surface area (Å²) in [6, 6.07) is 25.1. The molecule has 3 aromatic heterocycles. The summed E-state index contributed by atoms with van der Waals surface area (Å²) >= 11 is 0. The van der Waals surface area contributed by atoms with Crippen molar-refractivity contribution in [1.82, 2.24) is 19.9 Å². The number of fused-ring (bicyclic) bond motifs is 8. The zero-order valence-corrected chi connectivity index (χ0v) is 37.2. The molecular weight excluding hydrogens is 705 g/mol. The number of nitrogens with zero attached hydrogens (tertiary/aromatic N) is 2. The number of hydrogen-bond donors (Lipinski definition) is 2. The Morgan fingerprint density at radius 1 is 0.483 bits per heavy atom.